The van der Waals surface area contributed by atoms with Crippen molar-refractivity contribution in [3.8, 4) is 5.75 Å². The van der Waals surface area contributed by atoms with E-state index in [9.17, 15) is 13.6 Å². The highest BCUT2D eigenvalue weighted by molar-refractivity contribution is 14.0. The van der Waals surface area contributed by atoms with Crippen molar-refractivity contribution in [2.75, 3.05) is 26.7 Å². The van der Waals surface area contributed by atoms with E-state index in [4.69, 9.17) is 4.74 Å². The summed E-state index contributed by atoms with van der Waals surface area (Å²) in [5.41, 5.74) is 0.00953. The number of ether oxygens (including phenoxy) is 1. The molecular weight excluding hydrogens is 505 g/mol. The molecule has 0 heterocycles. The molecule has 3 N–H and O–H groups in total. The van der Waals surface area contributed by atoms with Gasteiger partial charge in [0.05, 0.1) is 12.1 Å². The Morgan fingerprint density at radius 2 is 1.80 bits per heavy atom. The highest BCUT2D eigenvalue weighted by atomic mass is 127. The summed E-state index contributed by atoms with van der Waals surface area (Å²) in [6, 6.07) is 11.8. The molecule has 0 fully saturated rings. The summed E-state index contributed by atoms with van der Waals surface area (Å²) in [6.45, 7) is 3.14. The average molecular weight is 532 g/mol. The molecule has 30 heavy (non-hydrogen) atoms. The lowest BCUT2D eigenvalue weighted by atomic mass is 10.2. The summed E-state index contributed by atoms with van der Waals surface area (Å²) in [7, 11) is 1.63. The Balaban J connectivity index is 0.00000450. The maximum Gasteiger partial charge on any atom is 0.254 e. The molecule has 2 aromatic carbocycles. The van der Waals surface area contributed by atoms with E-state index in [1.807, 2.05) is 6.92 Å². The van der Waals surface area contributed by atoms with Crippen molar-refractivity contribution in [2.45, 2.75) is 19.4 Å². The first-order valence-electron chi connectivity index (χ1n) is 9.43. The Kier molecular flexibility index (Phi) is 11.7. The molecule has 164 valence electrons. The summed E-state index contributed by atoms with van der Waals surface area (Å²) in [5.74, 6) is -0.370. The van der Waals surface area contributed by atoms with Crippen LogP contribution < -0.4 is 20.7 Å². The van der Waals surface area contributed by atoms with E-state index in [1.54, 1.807) is 25.2 Å². The van der Waals surface area contributed by atoms with Crippen molar-refractivity contribution in [1.29, 1.82) is 0 Å². The van der Waals surface area contributed by atoms with Crippen LogP contribution in [0.4, 0.5) is 8.78 Å². The van der Waals surface area contributed by atoms with Crippen LogP contribution in [0.3, 0.4) is 0 Å². The maximum absolute atomic E-state index is 13.6. The van der Waals surface area contributed by atoms with E-state index < -0.39 is 11.7 Å². The Morgan fingerprint density at radius 3 is 2.47 bits per heavy atom. The number of guanidine groups is 1. The van der Waals surface area contributed by atoms with Crippen molar-refractivity contribution in [1.82, 2.24) is 16.0 Å². The van der Waals surface area contributed by atoms with E-state index >= 15 is 0 Å². The van der Waals surface area contributed by atoms with E-state index in [0.717, 1.165) is 6.42 Å². The second-order valence-electron chi connectivity index (χ2n) is 6.22. The van der Waals surface area contributed by atoms with Crippen LogP contribution in [-0.4, -0.2) is 44.7 Å². The Bertz CT molecular complexity index is 836. The standard InChI is InChI=1S/C21H26F2N4O2.HI/c1-3-16(29-17-8-6-7-15(22)13-17)14-27-21(24-2)26-12-11-25-20(28)18-9-4-5-10-19(18)23;/h4-10,13,16H,3,11-12,14H2,1-2H3,(H,25,28)(H2,24,26,27);1H. The zero-order valence-electron chi connectivity index (χ0n) is 17.0. The molecule has 0 saturated carbocycles. The van der Waals surface area contributed by atoms with Gasteiger partial charge in [-0.25, -0.2) is 8.78 Å². The molecule has 0 aliphatic heterocycles. The predicted octanol–water partition coefficient (Wildman–Crippen LogP) is 3.34. The maximum atomic E-state index is 13.6. The zero-order chi connectivity index (χ0) is 21.1. The van der Waals surface area contributed by atoms with Crippen LogP contribution in [0, 0.1) is 11.6 Å². The zero-order valence-corrected chi connectivity index (χ0v) is 19.3. The molecule has 0 radical (unpaired) electrons. The molecular formula is C21H27F2IN4O2. The molecule has 0 aliphatic carbocycles. The van der Waals surface area contributed by atoms with Gasteiger partial charge < -0.3 is 20.7 Å². The van der Waals surface area contributed by atoms with Crippen molar-refractivity contribution < 1.29 is 18.3 Å². The molecule has 0 aliphatic rings. The molecule has 0 spiro atoms. The van der Waals surface area contributed by atoms with Gasteiger partial charge in [-0.3, -0.25) is 9.79 Å². The fourth-order valence-corrected chi connectivity index (χ4v) is 2.53. The van der Waals surface area contributed by atoms with Gasteiger partial charge in [0.25, 0.3) is 5.91 Å². The molecule has 0 aromatic heterocycles. The Hall–Kier alpha value is -2.43. The van der Waals surface area contributed by atoms with E-state index in [-0.39, 0.29) is 41.5 Å². The first kappa shape index (κ1) is 25.6. The number of amides is 1. The van der Waals surface area contributed by atoms with E-state index in [1.165, 1.54) is 30.3 Å². The van der Waals surface area contributed by atoms with Gasteiger partial charge in [-0.1, -0.05) is 25.1 Å². The number of rotatable bonds is 9. The third-order valence-electron chi connectivity index (χ3n) is 4.10. The fourth-order valence-electron chi connectivity index (χ4n) is 2.53. The summed E-state index contributed by atoms with van der Waals surface area (Å²) >= 11 is 0. The third kappa shape index (κ3) is 8.52. The number of carbonyl (C=O) groups is 1. The normalized spacial score (nSPS) is 11.8. The van der Waals surface area contributed by atoms with Crippen LogP contribution in [0.5, 0.6) is 5.75 Å². The summed E-state index contributed by atoms with van der Waals surface area (Å²) < 4.78 is 32.6. The minimum atomic E-state index is -0.556. The molecule has 6 nitrogen and oxygen atoms in total. The third-order valence-corrected chi connectivity index (χ3v) is 4.10. The van der Waals surface area contributed by atoms with Gasteiger partial charge >= 0.3 is 0 Å². The van der Waals surface area contributed by atoms with E-state index in [0.29, 0.717) is 31.3 Å². The van der Waals surface area contributed by atoms with Crippen LogP contribution in [0.15, 0.2) is 53.5 Å². The molecule has 9 heteroatoms. The van der Waals surface area contributed by atoms with Gasteiger partial charge in [-0.15, -0.1) is 24.0 Å². The lowest BCUT2D eigenvalue weighted by Gasteiger charge is -2.20. The molecule has 2 aromatic rings. The predicted molar refractivity (Wildman–Crippen MR) is 125 cm³/mol. The van der Waals surface area contributed by atoms with Crippen molar-refractivity contribution in [2.24, 2.45) is 4.99 Å². The number of benzene rings is 2. The largest absolute Gasteiger partial charge is 0.489 e. The van der Waals surface area contributed by atoms with Crippen LogP contribution in [0.2, 0.25) is 0 Å². The summed E-state index contributed by atoms with van der Waals surface area (Å²) in [5, 5.41) is 8.84. The van der Waals surface area contributed by atoms with Crippen molar-refractivity contribution in [3.05, 3.63) is 65.7 Å². The van der Waals surface area contributed by atoms with Crippen LogP contribution >= 0.6 is 24.0 Å². The lowest BCUT2D eigenvalue weighted by molar-refractivity contribution is 0.0950. The first-order chi connectivity index (χ1) is 14.0. The number of hydrogen-bond donors (Lipinski definition) is 3. The van der Waals surface area contributed by atoms with Crippen LogP contribution in [0.25, 0.3) is 0 Å². The quantitative estimate of drug-likeness (QED) is 0.201. The van der Waals surface area contributed by atoms with Crippen LogP contribution in [0.1, 0.15) is 23.7 Å². The van der Waals surface area contributed by atoms with Gasteiger partial charge in [0, 0.05) is 26.2 Å². The van der Waals surface area contributed by atoms with Gasteiger partial charge in [0.1, 0.15) is 23.5 Å². The number of halogens is 3. The van der Waals surface area contributed by atoms with Gasteiger partial charge in [0.15, 0.2) is 5.96 Å². The second-order valence-corrected chi connectivity index (χ2v) is 6.22. The number of hydrogen-bond acceptors (Lipinski definition) is 3. The highest BCUT2D eigenvalue weighted by Crippen LogP contribution is 2.14. The molecule has 0 saturated heterocycles. The summed E-state index contributed by atoms with van der Waals surface area (Å²) in [6.07, 6.45) is 0.551. The van der Waals surface area contributed by atoms with Crippen molar-refractivity contribution >= 4 is 35.8 Å². The monoisotopic (exact) mass is 532 g/mol. The molecule has 1 amide bonds. The minimum Gasteiger partial charge on any atom is -0.489 e. The second kappa shape index (κ2) is 13.7. The SMILES string of the molecule is CCC(CNC(=NC)NCCNC(=O)c1ccccc1F)Oc1cccc(F)c1.I. The number of carbonyl (C=O) groups excluding carboxylic acids is 1. The number of nitrogens with one attached hydrogen (secondary N) is 3. The van der Waals surface area contributed by atoms with Crippen LogP contribution in [-0.2, 0) is 0 Å². The average Bonchev–Trinajstić information content (AvgIpc) is 2.72. The smallest absolute Gasteiger partial charge is 0.254 e. The van der Waals surface area contributed by atoms with E-state index in [2.05, 4.69) is 20.9 Å². The topological polar surface area (TPSA) is 74.8 Å². The Labute approximate surface area is 192 Å². The lowest BCUT2D eigenvalue weighted by Crippen LogP contribution is -2.44. The number of nitrogens with zero attached hydrogens (tertiary/aromatic N) is 1. The van der Waals surface area contributed by atoms with Gasteiger partial charge in [-0.2, -0.15) is 0 Å². The first-order valence-corrected chi connectivity index (χ1v) is 9.43. The highest BCUT2D eigenvalue weighted by Gasteiger charge is 2.11. The minimum absolute atomic E-state index is 0. The summed E-state index contributed by atoms with van der Waals surface area (Å²) in [4.78, 5) is 16.1. The molecule has 1 unspecified atom stereocenters. The fraction of sp³-hybridized carbons (Fsp3) is 0.333. The Morgan fingerprint density at radius 1 is 1.07 bits per heavy atom. The van der Waals surface area contributed by atoms with Gasteiger partial charge in [0.2, 0.25) is 0 Å². The van der Waals surface area contributed by atoms with Crippen molar-refractivity contribution in [3.63, 3.8) is 0 Å². The molecule has 2 rings (SSSR count). The van der Waals surface area contributed by atoms with Gasteiger partial charge in [-0.05, 0) is 30.7 Å². The molecule has 0 bridgehead atoms. The molecule has 1 atom stereocenters. The number of aliphatic imine (C=N–C) groups is 1.